The molecule has 0 aliphatic heterocycles. The Balaban J connectivity index is 2.51. The first kappa shape index (κ1) is 6.79. The largest absolute Gasteiger partial charge is 0.300 e. The van der Waals surface area contributed by atoms with Gasteiger partial charge < -0.3 is 4.99 Å². The zero-order valence-electron chi connectivity index (χ0n) is 6.35. The van der Waals surface area contributed by atoms with Crippen LogP contribution in [0.4, 0.5) is 0 Å². The molecule has 0 aromatic carbocycles. The summed E-state index contributed by atoms with van der Waals surface area (Å²) in [4.78, 5) is 4.06. The zero-order valence-corrected chi connectivity index (χ0v) is 6.35. The molecule has 0 amide bonds. The molecule has 0 saturated heterocycles. The molecule has 0 unspecified atom stereocenters. The molecule has 0 atom stereocenters. The van der Waals surface area contributed by atoms with Crippen molar-refractivity contribution in [2.45, 2.75) is 32.6 Å². The van der Waals surface area contributed by atoms with E-state index >= 15 is 0 Å². The summed E-state index contributed by atoms with van der Waals surface area (Å²) >= 11 is 0. The van der Waals surface area contributed by atoms with Crippen molar-refractivity contribution in [1.29, 1.82) is 0 Å². The lowest BCUT2D eigenvalue weighted by molar-refractivity contribution is 0.499. The molecule has 0 aromatic heterocycles. The van der Waals surface area contributed by atoms with Gasteiger partial charge in [0.25, 0.3) is 0 Å². The Labute approximate surface area is 57.2 Å². The summed E-state index contributed by atoms with van der Waals surface area (Å²) in [5.74, 6) is 0. The normalized spacial score (nSPS) is 25.6. The quantitative estimate of drug-likeness (QED) is 0.477. The molecule has 1 aliphatic carbocycles. The summed E-state index contributed by atoms with van der Waals surface area (Å²) in [6.07, 6.45) is 7.57. The molecule has 1 aliphatic rings. The average molecular weight is 125 g/mol. The van der Waals surface area contributed by atoms with Crippen LogP contribution in [-0.2, 0) is 0 Å². The van der Waals surface area contributed by atoms with Crippen molar-refractivity contribution in [3.8, 4) is 0 Å². The highest BCUT2D eigenvalue weighted by molar-refractivity contribution is 5.65. The molecule has 0 spiro atoms. The molecule has 1 saturated carbocycles. The van der Waals surface area contributed by atoms with E-state index in [0.717, 1.165) is 0 Å². The van der Waals surface area contributed by atoms with Crippen molar-refractivity contribution in [3.63, 3.8) is 0 Å². The molecular weight excluding hydrogens is 110 g/mol. The number of rotatable bonds is 1. The van der Waals surface area contributed by atoms with E-state index in [2.05, 4.69) is 18.1 Å². The van der Waals surface area contributed by atoms with E-state index in [-0.39, 0.29) is 0 Å². The summed E-state index contributed by atoms with van der Waals surface area (Å²) < 4.78 is 0. The van der Waals surface area contributed by atoms with Gasteiger partial charge in [0.15, 0.2) is 0 Å². The monoisotopic (exact) mass is 125 g/mol. The molecule has 52 valence electrons. The molecule has 1 fully saturated rings. The van der Waals surface area contributed by atoms with E-state index in [0.29, 0.717) is 5.41 Å². The molecule has 1 nitrogen and oxygen atoms in total. The maximum atomic E-state index is 4.06. The molecule has 0 heterocycles. The Morgan fingerprint density at radius 1 is 1.33 bits per heavy atom. The minimum atomic E-state index is 0.453. The van der Waals surface area contributed by atoms with Gasteiger partial charge in [-0.05, 0) is 12.8 Å². The summed E-state index contributed by atoms with van der Waals surface area (Å²) in [6, 6.07) is 0. The minimum Gasteiger partial charge on any atom is -0.300 e. The van der Waals surface area contributed by atoms with Gasteiger partial charge in [-0.1, -0.05) is 19.8 Å². The lowest BCUT2D eigenvalue weighted by Crippen LogP contribution is -2.11. The Morgan fingerprint density at radius 3 is 2.33 bits per heavy atom. The van der Waals surface area contributed by atoms with Crippen molar-refractivity contribution in [1.82, 2.24) is 0 Å². The number of hydrogen-bond donors (Lipinski definition) is 0. The first-order valence-electron chi connectivity index (χ1n) is 3.70. The van der Waals surface area contributed by atoms with Gasteiger partial charge in [0, 0.05) is 18.7 Å². The third-order valence-electron chi connectivity index (χ3n) is 2.19. The molecule has 0 radical (unpaired) electrons. The molecule has 0 aromatic rings. The van der Waals surface area contributed by atoms with Crippen molar-refractivity contribution < 1.29 is 0 Å². The smallest absolute Gasteiger partial charge is 0.0273 e. The summed E-state index contributed by atoms with van der Waals surface area (Å²) in [7, 11) is 1.86. The van der Waals surface area contributed by atoms with Crippen LogP contribution in [0.25, 0.3) is 0 Å². The van der Waals surface area contributed by atoms with E-state index in [1.165, 1.54) is 25.7 Å². The standard InChI is InChI=1S/C8H15N/c1-8(7-9-2)5-3-4-6-8/h7H,3-6H2,1-2H3. The van der Waals surface area contributed by atoms with Gasteiger partial charge in [0.05, 0.1) is 0 Å². The van der Waals surface area contributed by atoms with Crippen LogP contribution >= 0.6 is 0 Å². The second-order valence-corrected chi connectivity index (χ2v) is 3.25. The van der Waals surface area contributed by atoms with Crippen LogP contribution in [0.5, 0.6) is 0 Å². The number of nitrogens with zero attached hydrogens (tertiary/aromatic N) is 1. The van der Waals surface area contributed by atoms with Crippen molar-refractivity contribution in [2.24, 2.45) is 10.4 Å². The summed E-state index contributed by atoms with van der Waals surface area (Å²) in [6.45, 7) is 2.30. The highest BCUT2D eigenvalue weighted by Gasteiger charge is 2.25. The second kappa shape index (κ2) is 2.51. The van der Waals surface area contributed by atoms with E-state index in [9.17, 15) is 0 Å². The average Bonchev–Trinajstić information content (AvgIpc) is 2.16. The molecule has 0 bridgehead atoms. The van der Waals surface area contributed by atoms with Crippen LogP contribution in [-0.4, -0.2) is 13.3 Å². The lowest BCUT2D eigenvalue weighted by atomic mass is 9.91. The first-order chi connectivity index (χ1) is 4.27. The van der Waals surface area contributed by atoms with Gasteiger partial charge in [-0.15, -0.1) is 0 Å². The van der Waals surface area contributed by atoms with E-state index in [1.54, 1.807) is 0 Å². The van der Waals surface area contributed by atoms with E-state index in [4.69, 9.17) is 0 Å². The minimum absolute atomic E-state index is 0.453. The predicted octanol–water partition coefficient (Wildman–Crippen LogP) is 2.27. The fourth-order valence-electron chi connectivity index (χ4n) is 1.62. The number of hydrogen-bond acceptors (Lipinski definition) is 1. The van der Waals surface area contributed by atoms with Crippen molar-refractivity contribution in [2.75, 3.05) is 7.05 Å². The van der Waals surface area contributed by atoms with Gasteiger partial charge in [-0.2, -0.15) is 0 Å². The van der Waals surface area contributed by atoms with E-state index < -0.39 is 0 Å². The Kier molecular flexibility index (Phi) is 1.89. The molecular formula is C8H15N. The molecule has 9 heavy (non-hydrogen) atoms. The molecule has 0 N–H and O–H groups in total. The Hall–Kier alpha value is -0.330. The van der Waals surface area contributed by atoms with Gasteiger partial charge >= 0.3 is 0 Å². The van der Waals surface area contributed by atoms with Crippen LogP contribution in [0.1, 0.15) is 32.6 Å². The van der Waals surface area contributed by atoms with Crippen molar-refractivity contribution >= 4 is 6.21 Å². The highest BCUT2D eigenvalue weighted by Crippen LogP contribution is 2.35. The fourth-order valence-corrected chi connectivity index (χ4v) is 1.62. The Morgan fingerprint density at radius 2 is 1.89 bits per heavy atom. The van der Waals surface area contributed by atoms with Gasteiger partial charge in [-0.25, -0.2) is 0 Å². The van der Waals surface area contributed by atoms with Gasteiger partial charge in [0.1, 0.15) is 0 Å². The molecule has 1 heteroatoms. The van der Waals surface area contributed by atoms with Crippen LogP contribution in [0, 0.1) is 5.41 Å². The maximum absolute atomic E-state index is 4.06. The van der Waals surface area contributed by atoms with E-state index in [1.807, 2.05) is 7.05 Å². The van der Waals surface area contributed by atoms with Gasteiger partial charge in [0.2, 0.25) is 0 Å². The zero-order chi connectivity index (χ0) is 6.74. The van der Waals surface area contributed by atoms with Crippen LogP contribution in [0.3, 0.4) is 0 Å². The third kappa shape index (κ3) is 1.54. The van der Waals surface area contributed by atoms with Gasteiger partial charge in [-0.3, -0.25) is 0 Å². The van der Waals surface area contributed by atoms with Crippen LogP contribution < -0.4 is 0 Å². The first-order valence-corrected chi connectivity index (χ1v) is 3.70. The number of aliphatic imine (C=N–C) groups is 1. The maximum Gasteiger partial charge on any atom is 0.0273 e. The SMILES string of the molecule is CN=CC1(C)CCCC1. The van der Waals surface area contributed by atoms with Crippen LogP contribution in [0.2, 0.25) is 0 Å². The topological polar surface area (TPSA) is 12.4 Å². The predicted molar refractivity (Wildman–Crippen MR) is 41.0 cm³/mol. The second-order valence-electron chi connectivity index (χ2n) is 3.25. The molecule has 1 rings (SSSR count). The van der Waals surface area contributed by atoms with Crippen molar-refractivity contribution in [3.05, 3.63) is 0 Å². The fraction of sp³-hybridized carbons (Fsp3) is 0.875. The summed E-state index contributed by atoms with van der Waals surface area (Å²) in [5, 5.41) is 0. The highest BCUT2D eigenvalue weighted by atomic mass is 14.7. The summed E-state index contributed by atoms with van der Waals surface area (Å²) in [5.41, 5.74) is 0.453. The Bertz CT molecular complexity index is 110. The van der Waals surface area contributed by atoms with Crippen LogP contribution in [0.15, 0.2) is 4.99 Å². The lowest BCUT2D eigenvalue weighted by Gasteiger charge is -2.15. The third-order valence-corrected chi connectivity index (χ3v) is 2.19.